The van der Waals surface area contributed by atoms with Gasteiger partial charge in [0.05, 0.1) is 11.0 Å². The van der Waals surface area contributed by atoms with E-state index in [1.165, 1.54) is 0 Å². The fraction of sp³-hybridized carbons (Fsp3) is 0.571. The SMILES string of the molecule is C[C@H](O)[C@@H]1CCCN(Cc2ccc([N+](=O)[O-])cc2)C1. The maximum Gasteiger partial charge on any atom is 0.269 e. The molecular weight excluding hydrogens is 244 g/mol. The fourth-order valence-corrected chi connectivity index (χ4v) is 2.61. The lowest BCUT2D eigenvalue weighted by Crippen LogP contribution is -2.38. The molecule has 1 fully saturated rings. The molecule has 1 N–H and O–H groups in total. The number of hydrogen-bond acceptors (Lipinski definition) is 4. The molecule has 1 aromatic carbocycles. The molecule has 5 heteroatoms. The Kier molecular flexibility index (Phi) is 4.50. The van der Waals surface area contributed by atoms with Gasteiger partial charge >= 0.3 is 0 Å². The number of nitro benzene ring substituents is 1. The quantitative estimate of drug-likeness (QED) is 0.668. The van der Waals surface area contributed by atoms with Crippen LogP contribution in [0.4, 0.5) is 5.69 Å². The first-order valence-corrected chi connectivity index (χ1v) is 6.70. The van der Waals surface area contributed by atoms with Crippen molar-refractivity contribution in [2.75, 3.05) is 13.1 Å². The molecule has 0 amide bonds. The number of nitro groups is 1. The molecule has 0 spiro atoms. The molecule has 19 heavy (non-hydrogen) atoms. The van der Waals surface area contributed by atoms with Crippen molar-refractivity contribution in [1.82, 2.24) is 4.90 Å². The van der Waals surface area contributed by atoms with Crippen LogP contribution in [-0.4, -0.2) is 34.1 Å². The third-order valence-electron chi connectivity index (χ3n) is 3.78. The van der Waals surface area contributed by atoms with Crippen molar-refractivity contribution in [3.63, 3.8) is 0 Å². The van der Waals surface area contributed by atoms with Crippen LogP contribution in [0.3, 0.4) is 0 Å². The Bertz CT molecular complexity index is 431. The first-order valence-electron chi connectivity index (χ1n) is 6.70. The monoisotopic (exact) mass is 264 g/mol. The van der Waals surface area contributed by atoms with Gasteiger partial charge in [-0.2, -0.15) is 0 Å². The second-order valence-electron chi connectivity index (χ2n) is 5.30. The molecule has 0 bridgehead atoms. The number of non-ortho nitro benzene ring substituents is 1. The van der Waals surface area contributed by atoms with Gasteiger partial charge in [0.15, 0.2) is 0 Å². The number of aliphatic hydroxyl groups is 1. The highest BCUT2D eigenvalue weighted by molar-refractivity contribution is 5.32. The van der Waals surface area contributed by atoms with Crippen LogP contribution in [-0.2, 0) is 6.54 Å². The summed E-state index contributed by atoms with van der Waals surface area (Å²) in [5.74, 6) is 0.340. The third-order valence-corrected chi connectivity index (χ3v) is 3.78. The van der Waals surface area contributed by atoms with Crippen LogP contribution in [0.5, 0.6) is 0 Å². The molecule has 1 heterocycles. The van der Waals surface area contributed by atoms with E-state index in [2.05, 4.69) is 4.90 Å². The summed E-state index contributed by atoms with van der Waals surface area (Å²) in [7, 11) is 0. The zero-order chi connectivity index (χ0) is 13.8. The topological polar surface area (TPSA) is 66.6 Å². The smallest absolute Gasteiger partial charge is 0.269 e. The van der Waals surface area contributed by atoms with E-state index in [9.17, 15) is 15.2 Å². The van der Waals surface area contributed by atoms with Crippen LogP contribution in [0, 0.1) is 16.0 Å². The largest absolute Gasteiger partial charge is 0.393 e. The molecule has 1 aliphatic heterocycles. The molecule has 0 saturated carbocycles. The highest BCUT2D eigenvalue weighted by atomic mass is 16.6. The average molecular weight is 264 g/mol. The summed E-state index contributed by atoms with van der Waals surface area (Å²) in [6.45, 7) is 4.57. The Balaban J connectivity index is 1.95. The summed E-state index contributed by atoms with van der Waals surface area (Å²) >= 11 is 0. The molecule has 104 valence electrons. The van der Waals surface area contributed by atoms with Crippen LogP contribution in [0.25, 0.3) is 0 Å². The number of piperidine rings is 1. The summed E-state index contributed by atoms with van der Waals surface area (Å²) in [6.07, 6.45) is 1.91. The Labute approximate surface area is 113 Å². The van der Waals surface area contributed by atoms with Gasteiger partial charge in [-0.25, -0.2) is 0 Å². The molecule has 1 aromatic rings. The van der Waals surface area contributed by atoms with Crippen molar-refractivity contribution < 1.29 is 10.0 Å². The van der Waals surface area contributed by atoms with Gasteiger partial charge in [-0.3, -0.25) is 15.0 Å². The summed E-state index contributed by atoms with van der Waals surface area (Å²) in [5.41, 5.74) is 1.21. The van der Waals surface area contributed by atoms with Gasteiger partial charge < -0.3 is 5.11 Å². The van der Waals surface area contributed by atoms with Crippen molar-refractivity contribution in [2.45, 2.75) is 32.4 Å². The molecule has 2 atom stereocenters. The van der Waals surface area contributed by atoms with Crippen LogP contribution in [0.1, 0.15) is 25.3 Å². The summed E-state index contributed by atoms with van der Waals surface area (Å²) < 4.78 is 0. The van der Waals surface area contributed by atoms with E-state index in [0.29, 0.717) is 5.92 Å². The van der Waals surface area contributed by atoms with Gasteiger partial charge in [0.1, 0.15) is 0 Å². The van der Waals surface area contributed by atoms with Gasteiger partial charge in [-0.1, -0.05) is 12.1 Å². The lowest BCUT2D eigenvalue weighted by Gasteiger charge is -2.34. The molecule has 1 saturated heterocycles. The molecule has 0 unspecified atom stereocenters. The zero-order valence-corrected chi connectivity index (χ0v) is 11.2. The average Bonchev–Trinajstić information content (AvgIpc) is 2.39. The predicted molar refractivity (Wildman–Crippen MR) is 72.8 cm³/mol. The maximum absolute atomic E-state index is 10.6. The number of hydrogen-bond donors (Lipinski definition) is 1. The van der Waals surface area contributed by atoms with E-state index in [1.807, 2.05) is 19.1 Å². The fourth-order valence-electron chi connectivity index (χ4n) is 2.61. The van der Waals surface area contributed by atoms with Crippen molar-refractivity contribution in [2.24, 2.45) is 5.92 Å². The van der Waals surface area contributed by atoms with E-state index >= 15 is 0 Å². The van der Waals surface area contributed by atoms with Gasteiger partial charge in [0, 0.05) is 25.2 Å². The lowest BCUT2D eigenvalue weighted by molar-refractivity contribution is -0.384. The molecule has 5 nitrogen and oxygen atoms in total. The Morgan fingerprint density at radius 1 is 1.47 bits per heavy atom. The number of benzene rings is 1. The van der Waals surface area contributed by atoms with E-state index in [4.69, 9.17) is 0 Å². The summed E-state index contributed by atoms with van der Waals surface area (Å²) in [5, 5.41) is 20.2. The Morgan fingerprint density at radius 2 is 2.16 bits per heavy atom. The highest BCUT2D eigenvalue weighted by Gasteiger charge is 2.23. The van der Waals surface area contributed by atoms with Crippen molar-refractivity contribution >= 4 is 5.69 Å². The predicted octanol–water partition coefficient (Wildman–Crippen LogP) is 2.19. The lowest BCUT2D eigenvalue weighted by atomic mass is 9.93. The first-order chi connectivity index (χ1) is 9.06. The first kappa shape index (κ1) is 14.0. The molecule has 0 radical (unpaired) electrons. The minimum atomic E-state index is -0.381. The standard InChI is InChI=1S/C14H20N2O3/c1-11(17)13-3-2-8-15(10-13)9-12-4-6-14(7-5-12)16(18)19/h4-7,11,13,17H,2-3,8-10H2,1H3/t11-,13+/m0/s1. The van der Waals surface area contributed by atoms with Crippen LogP contribution in [0.2, 0.25) is 0 Å². The minimum absolute atomic E-state index is 0.129. The van der Waals surface area contributed by atoms with Gasteiger partial charge in [0.2, 0.25) is 0 Å². The van der Waals surface area contributed by atoms with Crippen molar-refractivity contribution in [3.8, 4) is 0 Å². The van der Waals surface area contributed by atoms with Crippen molar-refractivity contribution in [3.05, 3.63) is 39.9 Å². The van der Waals surface area contributed by atoms with Gasteiger partial charge in [-0.15, -0.1) is 0 Å². The second kappa shape index (κ2) is 6.12. The number of nitrogens with zero attached hydrogens (tertiary/aromatic N) is 2. The summed E-state index contributed by atoms with van der Waals surface area (Å²) in [6, 6.07) is 6.71. The molecule has 0 aliphatic carbocycles. The van der Waals surface area contributed by atoms with E-state index in [1.54, 1.807) is 12.1 Å². The van der Waals surface area contributed by atoms with Crippen LogP contribution in [0.15, 0.2) is 24.3 Å². The van der Waals surface area contributed by atoms with Crippen LogP contribution < -0.4 is 0 Å². The normalized spacial score (nSPS) is 22.1. The van der Waals surface area contributed by atoms with Crippen molar-refractivity contribution in [1.29, 1.82) is 0 Å². The number of likely N-dealkylation sites (tertiary alicyclic amines) is 1. The van der Waals surface area contributed by atoms with E-state index < -0.39 is 0 Å². The highest BCUT2D eigenvalue weighted by Crippen LogP contribution is 2.22. The van der Waals surface area contributed by atoms with Gasteiger partial charge in [0.25, 0.3) is 5.69 Å². The van der Waals surface area contributed by atoms with Gasteiger partial charge in [-0.05, 0) is 37.8 Å². The number of aliphatic hydroxyl groups excluding tert-OH is 1. The minimum Gasteiger partial charge on any atom is -0.393 e. The molecule has 2 rings (SSSR count). The molecule has 0 aromatic heterocycles. The molecule has 1 aliphatic rings. The van der Waals surface area contributed by atoms with E-state index in [0.717, 1.165) is 38.0 Å². The summed E-state index contributed by atoms with van der Waals surface area (Å²) in [4.78, 5) is 12.5. The number of rotatable bonds is 4. The zero-order valence-electron chi connectivity index (χ0n) is 11.2. The van der Waals surface area contributed by atoms with E-state index in [-0.39, 0.29) is 16.7 Å². The third kappa shape index (κ3) is 3.75. The Morgan fingerprint density at radius 3 is 2.74 bits per heavy atom. The molecular formula is C14H20N2O3. The Hall–Kier alpha value is -1.46. The second-order valence-corrected chi connectivity index (χ2v) is 5.30. The van der Waals surface area contributed by atoms with Crippen LogP contribution >= 0.6 is 0 Å². The maximum atomic E-state index is 10.6.